The number of carbonyl (C=O) groups excluding carboxylic acids is 9. The molecule has 16 bridgehead atoms. The van der Waals surface area contributed by atoms with E-state index in [4.69, 9.17) is 52.1 Å². The minimum absolute atomic E-state index is 0.0197. The molecule has 0 aromatic heterocycles. The van der Waals surface area contributed by atoms with Gasteiger partial charge in [-0.05, 0) is 336 Å². The molecule has 18 fully saturated rings. The van der Waals surface area contributed by atoms with E-state index in [2.05, 4.69) is 27.7 Å². The number of carbonyl (C=O) groups is 9. The summed E-state index contributed by atoms with van der Waals surface area (Å²) in [6.45, 7) is 44.7. The van der Waals surface area contributed by atoms with Gasteiger partial charge in [0.25, 0.3) is 0 Å². The normalized spacial score (nSPS) is 36.5. The van der Waals surface area contributed by atoms with Gasteiger partial charge in [-0.15, -0.1) is 0 Å². The Hall–Kier alpha value is -4.93. The summed E-state index contributed by atoms with van der Waals surface area (Å²) in [6.07, 6.45) is 26.2. The molecule has 3 saturated heterocycles. The number of fused-ring (bicyclic) bond motifs is 1. The highest BCUT2D eigenvalue weighted by Gasteiger charge is 2.67. The molecule has 15 saturated carbocycles. The minimum Gasteiger partial charge on any atom is -0.462 e. The van der Waals surface area contributed by atoms with Crippen LogP contribution >= 0.6 is 0 Å². The SMILES string of the molecule is CCC(C)(C)C(=O)OC1(C(C)C)C2CC3CC(C2)CC1C3.CCC(C)(C)C(=O)OC12CC3CC(O)(CC(O)(C3)C1)C2.CCC(C)(C)C(=O)OC1C2CC3CC1CC(C(=O)OCC1CC(CC(=O)OC(C)(C)C)OC(C)(C)O1)(C3)C2.CCC(C)(C)C(=O)OCC(=O)OC1C2CC3CC(C2)C(=O)OC1C3.CCC1(OC(=O)C(C)(C)CC)CCCC1. The van der Waals surface area contributed by atoms with Crippen molar-refractivity contribution in [2.75, 3.05) is 13.2 Å². The van der Waals surface area contributed by atoms with Crippen molar-refractivity contribution in [1.82, 2.24) is 0 Å². The van der Waals surface area contributed by atoms with Crippen LogP contribution in [0.1, 0.15) is 365 Å². The fourth-order valence-corrected chi connectivity index (χ4v) is 23.7. The largest absolute Gasteiger partial charge is 0.462 e. The van der Waals surface area contributed by atoms with Gasteiger partial charge in [-0.3, -0.25) is 38.4 Å². The average molecular weight is 1660 g/mol. The molecule has 3 heterocycles. The Balaban J connectivity index is 0.000000161. The van der Waals surface area contributed by atoms with Crippen LogP contribution in [0.15, 0.2) is 0 Å². The van der Waals surface area contributed by atoms with Crippen LogP contribution in [0.4, 0.5) is 0 Å². The van der Waals surface area contributed by atoms with Crippen LogP contribution in [0.2, 0.25) is 0 Å². The maximum atomic E-state index is 13.6. The minimum atomic E-state index is -0.897. The van der Waals surface area contributed by atoms with E-state index in [0.717, 1.165) is 121 Å². The number of hydrogen-bond donors (Lipinski definition) is 2. The summed E-state index contributed by atoms with van der Waals surface area (Å²) < 4.78 is 63.7. The van der Waals surface area contributed by atoms with Crippen LogP contribution in [-0.4, -0.2) is 147 Å². The maximum Gasteiger partial charge on any atom is 0.344 e. The molecule has 18 rings (SSSR count). The molecule has 18 aliphatic rings. The Morgan fingerprint density at radius 1 is 0.475 bits per heavy atom. The lowest BCUT2D eigenvalue weighted by Crippen LogP contribution is -2.67. The summed E-state index contributed by atoms with van der Waals surface area (Å²) in [5.41, 5.74) is -6.00. The first-order valence-electron chi connectivity index (χ1n) is 46.3. The van der Waals surface area contributed by atoms with Crippen LogP contribution in [0.25, 0.3) is 0 Å². The highest BCUT2D eigenvalue weighted by atomic mass is 16.7. The predicted octanol–water partition coefficient (Wildman–Crippen LogP) is 18.3. The van der Waals surface area contributed by atoms with Crippen LogP contribution in [0.3, 0.4) is 0 Å². The van der Waals surface area contributed by atoms with Gasteiger partial charge in [-0.25, -0.2) is 4.79 Å². The van der Waals surface area contributed by atoms with Crippen LogP contribution in [0, 0.1) is 104 Å². The number of ether oxygens (including phenoxy) is 11. The molecule has 15 aliphatic carbocycles. The zero-order valence-corrected chi connectivity index (χ0v) is 76.9. The van der Waals surface area contributed by atoms with Gasteiger partial charge in [0.1, 0.15) is 47.3 Å². The van der Waals surface area contributed by atoms with Gasteiger partial charge < -0.3 is 62.3 Å². The van der Waals surface area contributed by atoms with Gasteiger partial charge >= 0.3 is 53.7 Å². The molecule has 0 radical (unpaired) electrons. The van der Waals surface area contributed by atoms with Crippen molar-refractivity contribution in [1.29, 1.82) is 0 Å². The molecule has 3 aliphatic heterocycles. The van der Waals surface area contributed by atoms with Crippen molar-refractivity contribution in [3.63, 3.8) is 0 Å². The van der Waals surface area contributed by atoms with Gasteiger partial charge in [-0.2, -0.15) is 0 Å². The second-order valence-electron chi connectivity index (χ2n) is 44.9. The van der Waals surface area contributed by atoms with E-state index in [0.29, 0.717) is 74.5 Å². The van der Waals surface area contributed by atoms with Crippen molar-refractivity contribution in [3.8, 4) is 0 Å². The number of hydrogen-bond acceptors (Lipinski definition) is 22. The fourth-order valence-electron chi connectivity index (χ4n) is 23.7. The summed E-state index contributed by atoms with van der Waals surface area (Å²) in [6, 6.07) is 0. The first-order valence-corrected chi connectivity index (χ1v) is 46.3. The second kappa shape index (κ2) is 36.0. The number of esters is 9. The van der Waals surface area contributed by atoms with E-state index < -0.39 is 67.9 Å². The van der Waals surface area contributed by atoms with E-state index >= 15 is 0 Å². The van der Waals surface area contributed by atoms with Crippen LogP contribution in [0.5, 0.6) is 0 Å². The fraction of sp³-hybridized carbons (Fsp3) is 0.906. The molecule has 11 unspecified atom stereocenters. The molecular formula is C96H156O22. The molecule has 0 aromatic carbocycles. The van der Waals surface area contributed by atoms with E-state index in [9.17, 15) is 53.4 Å². The van der Waals surface area contributed by atoms with Crippen molar-refractivity contribution in [3.05, 3.63) is 0 Å². The topological polar surface area (TPSA) is 296 Å². The molecule has 11 atom stereocenters. The lowest BCUT2D eigenvalue weighted by molar-refractivity contribution is -0.305. The van der Waals surface area contributed by atoms with Gasteiger partial charge in [0.2, 0.25) is 0 Å². The van der Waals surface area contributed by atoms with Gasteiger partial charge in [0.05, 0.1) is 68.2 Å². The van der Waals surface area contributed by atoms with Crippen LogP contribution < -0.4 is 0 Å². The van der Waals surface area contributed by atoms with E-state index in [1.54, 1.807) is 13.8 Å². The van der Waals surface area contributed by atoms with Gasteiger partial charge in [0.15, 0.2) is 12.4 Å². The molecular weight excluding hydrogens is 1510 g/mol. The van der Waals surface area contributed by atoms with Crippen LogP contribution in [-0.2, 0) is 95.3 Å². The lowest BCUT2D eigenvalue weighted by atomic mass is 9.47. The molecule has 0 spiro atoms. The van der Waals surface area contributed by atoms with Gasteiger partial charge in [-0.1, -0.05) is 55.4 Å². The molecule has 22 heteroatoms. The second-order valence-corrected chi connectivity index (χ2v) is 44.9. The summed E-state index contributed by atoms with van der Waals surface area (Å²) in [4.78, 5) is 112. The quantitative estimate of drug-likeness (QED) is 0.0670. The molecule has 118 heavy (non-hydrogen) atoms. The standard InChI is InChI=1S/C30H48O8.C19H32O2.C18H26O6.C16H26O4.C13H24O2/c1-9-28(5,6)25(32)35-24-19-10-18-11-20(24)16-30(14-18,15-19)26(33)34-17-22-12-21(36-29(7,8)37-22)13-23(31)38-27(2,3)4;1-6-18(4,5)17(20)21-19(12(2)3)15-8-13-7-14(10-15)11-16(19)9-13;1-4-18(2,3)17(21)22-9-14(19)24-15-11-5-10-6-12(8-11)16(20)23-13(15)7-10;1-4-13(2,3)12(17)20-16-7-11-5-14(18,9-16)8-15(19,6-11)10-16;1-5-12(3,4)11(14)15-13(6-2)9-7-8-10-13/h18-22,24H,9-17H2,1-8H3;12-16H,6-11H2,1-5H3;10-13,15H,4-9H2,1-3H3;11,18-19H,4-10H2,1-3H3;5-10H2,1-4H3. The Labute approximate surface area is 707 Å². The first kappa shape index (κ1) is 95.3. The third kappa shape index (κ3) is 21.9. The summed E-state index contributed by atoms with van der Waals surface area (Å²) >= 11 is 0. The zero-order valence-electron chi connectivity index (χ0n) is 76.9. The molecule has 2 N–H and O–H groups in total. The smallest absolute Gasteiger partial charge is 0.344 e. The monoisotopic (exact) mass is 1660 g/mol. The Bertz CT molecular complexity index is 3500. The van der Waals surface area contributed by atoms with E-state index in [1.165, 1.54) is 44.9 Å². The Morgan fingerprint density at radius 3 is 1.47 bits per heavy atom. The Morgan fingerprint density at radius 2 is 0.966 bits per heavy atom. The highest BCUT2D eigenvalue weighted by Crippen LogP contribution is 2.65. The predicted molar refractivity (Wildman–Crippen MR) is 444 cm³/mol. The van der Waals surface area contributed by atoms with Crippen molar-refractivity contribution in [2.24, 2.45) is 104 Å². The molecule has 0 aromatic rings. The van der Waals surface area contributed by atoms with E-state index in [-0.39, 0.29) is 137 Å². The van der Waals surface area contributed by atoms with Gasteiger partial charge in [0, 0.05) is 31.6 Å². The summed E-state index contributed by atoms with van der Waals surface area (Å²) in [5.74, 6) is 2.47. The average Bonchev–Trinajstić information content (AvgIpc) is 0.800. The summed E-state index contributed by atoms with van der Waals surface area (Å²) in [5, 5.41) is 21.3. The van der Waals surface area contributed by atoms with E-state index in [1.807, 2.05) is 118 Å². The lowest BCUT2D eigenvalue weighted by Gasteiger charge is -2.62. The third-order valence-corrected chi connectivity index (χ3v) is 31.4. The zero-order chi connectivity index (χ0) is 87.3. The molecule has 0 amide bonds. The maximum absolute atomic E-state index is 13.6. The third-order valence-electron chi connectivity index (χ3n) is 31.4. The molecule has 22 nitrogen and oxygen atoms in total. The molecule has 672 valence electrons. The Kier molecular flexibility index (Phi) is 29.0. The number of aliphatic hydroxyl groups is 2. The first-order chi connectivity index (χ1) is 54.6. The summed E-state index contributed by atoms with van der Waals surface area (Å²) in [7, 11) is 0. The van der Waals surface area contributed by atoms with Crippen molar-refractivity contribution >= 4 is 53.7 Å². The van der Waals surface area contributed by atoms with Crippen molar-refractivity contribution < 1.29 is 105 Å². The highest BCUT2D eigenvalue weighted by molar-refractivity contribution is 5.81. The van der Waals surface area contributed by atoms with Crippen molar-refractivity contribution in [2.45, 2.75) is 435 Å². The number of rotatable bonds is 24.